The summed E-state index contributed by atoms with van der Waals surface area (Å²) in [6.07, 6.45) is 62.8. The average Bonchev–Trinajstić information content (AvgIpc) is 3.26. The van der Waals surface area contributed by atoms with E-state index in [1.54, 1.807) is 6.08 Å². The third kappa shape index (κ3) is 49.9. The van der Waals surface area contributed by atoms with E-state index in [0.717, 1.165) is 64.2 Å². The van der Waals surface area contributed by atoms with Gasteiger partial charge in [-0.05, 0) is 57.8 Å². The van der Waals surface area contributed by atoms with Crippen LogP contribution in [0.1, 0.15) is 239 Å². The molecule has 380 valence electrons. The quantitative estimate of drug-likeness (QED) is 0.0272. The zero-order chi connectivity index (χ0) is 47.8. The van der Waals surface area contributed by atoms with Crippen molar-refractivity contribution in [2.75, 3.05) is 40.9 Å². The fraction of sp³-hybridized carbons (Fsp3) is 0.804. The monoisotopic (exact) mass is 933 g/mol. The van der Waals surface area contributed by atoms with Crippen molar-refractivity contribution in [1.29, 1.82) is 0 Å². The number of unbranched alkanes of at least 4 members (excludes halogenated alkanes) is 28. The number of carbonyl (C=O) groups is 1. The molecule has 3 unspecified atom stereocenters. The molecule has 0 aliphatic rings. The first-order valence-corrected chi connectivity index (χ1v) is 28.6. The largest absolute Gasteiger partial charge is 0.756 e. The highest BCUT2D eigenvalue weighted by molar-refractivity contribution is 7.45. The van der Waals surface area contributed by atoms with E-state index in [4.69, 9.17) is 9.05 Å². The van der Waals surface area contributed by atoms with Crippen molar-refractivity contribution < 1.29 is 32.9 Å². The number of rotatable bonds is 49. The van der Waals surface area contributed by atoms with Gasteiger partial charge in [-0.2, -0.15) is 0 Å². The number of quaternary nitrogens is 1. The molecule has 0 heterocycles. The molecule has 0 fully saturated rings. The molecule has 0 aromatic carbocycles. The molecular formula is C56H105N2O6P. The zero-order valence-electron chi connectivity index (χ0n) is 43.2. The Bertz CT molecular complexity index is 1240. The summed E-state index contributed by atoms with van der Waals surface area (Å²) in [4.78, 5) is 25.5. The summed E-state index contributed by atoms with van der Waals surface area (Å²) in [6, 6.07) is -0.891. The number of phosphoric acid groups is 1. The van der Waals surface area contributed by atoms with Crippen molar-refractivity contribution in [3.05, 3.63) is 60.8 Å². The highest BCUT2D eigenvalue weighted by atomic mass is 31.2. The standard InChI is InChI=1S/C56H105N2O6P/c1-6-8-10-12-14-16-18-20-22-24-26-28-29-30-32-34-36-38-40-42-44-46-48-50-56(60)57-54(53-64-65(61,62)63-52-51-58(3,4)5)55(59)49-47-45-43-41-39-37-35-33-31-27-25-23-21-19-17-15-13-11-9-7-2/h8,10,14,16,20,22,26,28,47,49,54-55,59H,6-7,9,11-13,15,17-19,21,23-25,27,29-46,48,50-53H2,1-5H3,(H-,57,60,61,62)/b10-8-,16-14-,22-20-,28-26-,49-47+. The lowest BCUT2D eigenvalue weighted by molar-refractivity contribution is -0.870. The van der Waals surface area contributed by atoms with E-state index in [9.17, 15) is 19.4 Å². The highest BCUT2D eigenvalue weighted by Gasteiger charge is 2.23. The van der Waals surface area contributed by atoms with E-state index >= 15 is 0 Å². The van der Waals surface area contributed by atoms with Crippen LogP contribution in [0.5, 0.6) is 0 Å². The molecule has 0 aromatic heterocycles. The van der Waals surface area contributed by atoms with Crippen LogP contribution in [0.15, 0.2) is 60.8 Å². The van der Waals surface area contributed by atoms with Crippen molar-refractivity contribution in [1.82, 2.24) is 5.32 Å². The maximum absolute atomic E-state index is 12.9. The lowest BCUT2D eigenvalue weighted by Gasteiger charge is -2.29. The van der Waals surface area contributed by atoms with Gasteiger partial charge in [0, 0.05) is 6.42 Å². The summed E-state index contributed by atoms with van der Waals surface area (Å²) in [5.74, 6) is -0.202. The van der Waals surface area contributed by atoms with Crippen LogP contribution in [0.25, 0.3) is 0 Å². The van der Waals surface area contributed by atoms with Gasteiger partial charge in [-0.1, -0.05) is 235 Å². The minimum atomic E-state index is -4.60. The summed E-state index contributed by atoms with van der Waals surface area (Å²) < 4.78 is 23.3. The molecule has 0 bridgehead atoms. The van der Waals surface area contributed by atoms with Crippen LogP contribution >= 0.6 is 7.82 Å². The topological polar surface area (TPSA) is 108 Å². The molecule has 2 N–H and O–H groups in total. The van der Waals surface area contributed by atoms with E-state index in [1.165, 1.54) is 154 Å². The zero-order valence-corrected chi connectivity index (χ0v) is 44.1. The van der Waals surface area contributed by atoms with E-state index < -0.39 is 20.0 Å². The molecule has 8 nitrogen and oxygen atoms in total. The summed E-state index contributed by atoms with van der Waals surface area (Å²) in [5, 5.41) is 13.9. The van der Waals surface area contributed by atoms with Gasteiger partial charge in [-0.15, -0.1) is 0 Å². The number of carbonyl (C=O) groups excluding carboxylic acids is 1. The Balaban J connectivity index is 4.28. The van der Waals surface area contributed by atoms with Gasteiger partial charge in [0.05, 0.1) is 39.9 Å². The normalized spacial score (nSPS) is 14.5. The molecule has 3 atom stereocenters. The molecule has 0 rings (SSSR count). The van der Waals surface area contributed by atoms with Crippen molar-refractivity contribution >= 4 is 13.7 Å². The Kier molecular flexibility index (Phi) is 46.0. The van der Waals surface area contributed by atoms with Crippen molar-refractivity contribution in [2.45, 2.75) is 251 Å². The molecule has 1 amide bonds. The number of aliphatic hydroxyl groups excluding tert-OH is 1. The van der Waals surface area contributed by atoms with Crippen molar-refractivity contribution in [2.24, 2.45) is 0 Å². The van der Waals surface area contributed by atoms with E-state index in [1.807, 2.05) is 27.2 Å². The number of allylic oxidation sites excluding steroid dienone is 9. The summed E-state index contributed by atoms with van der Waals surface area (Å²) in [7, 11) is 1.26. The number of nitrogens with zero attached hydrogens (tertiary/aromatic N) is 1. The number of hydrogen-bond donors (Lipinski definition) is 2. The van der Waals surface area contributed by atoms with Gasteiger partial charge < -0.3 is 28.8 Å². The first-order chi connectivity index (χ1) is 31.5. The predicted molar refractivity (Wildman–Crippen MR) is 279 cm³/mol. The summed E-state index contributed by atoms with van der Waals surface area (Å²) >= 11 is 0. The Labute approximate surface area is 402 Å². The third-order valence-electron chi connectivity index (χ3n) is 12.0. The second kappa shape index (κ2) is 47.3. The molecule has 0 saturated heterocycles. The van der Waals surface area contributed by atoms with E-state index in [2.05, 4.69) is 67.8 Å². The lowest BCUT2D eigenvalue weighted by atomic mass is 10.0. The van der Waals surface area contributed by atoms with E-state index in [0.29, 0.717) is 17.4 Å². The molecule has 0 radical (unpaired) electrons. The smallest absolute Gasteiger partial charge is 0.268 e. The molecular weight excluding hydrogens is 828 g/mol. The second-order valence-corrected chi connectivity index (χ2v) is 21.0. The third-order valence-corrected chi connectivity index (χ3v) is 12.9. The predicted octanol–water partition coefficient (Wildman–Crippen LogP) is 15.5. The Hall–Kier alpha value is -1.80. The fourth-order valence-corrected chi connectivity index (χ4v) is 8.46. The molecule has 9 heteroatoms. The van der Waals surface area contributed by atoms with Gasteiger partial charge in [0.25, 0.3) is 7.82 Å². The minimum absolute atomic E-state index is 0.00356. The SMILES string of the molecule is CC/C=C\C/C=C\C/C=C\C/C=C\CCCCCCCCCCCCC(=O)NC(COP(=O)([O-])OCC[N+](C)(C)C)C(O)/C=C/CCCCCCCCCCCCCCCCCCCC. The van der Waals surface area contributed by atoms with Crippen molar-refractivity contribution in [3.63, 3.8) is 0 Å². The van der Waals surface area contributed by atoms with E-state index in [-0.39, 0.29) is 19.1 Å². The molecule has 65 heavy (non-hydrogen) atoms. The van der Waals surface area contributed by atoms with Crippen LogP contribution in [0.4, 0.5) is 0 Å². The van der Waals surface area contributed by atoms with Gasteiger partial charge in [0.15, 0.2) is 0 Å². The van der Waals surface area contributed by atoms with Gasteiger partial charge >= 0.3 is 0 Å². The maximum Gasteiger partial charge on any atom is 0.268 e. The Morgan fingerprint density at radius 1 is 0.554 bits per heavy atom. The molecule has 0 saturated carbocycles. The van der Waals surface area contributed by atoms with Gasteiger partial charge in [0.1, 0.15) is 13.2 Å². The molecule has 0 aliphatic carbocycles. The Morgan fingerprint density at radius 3 is 1.37 bits per heavy atom. The fourth-order valence-electron chi connectivity index (χ4n) is 7.73. The van der Waals surface area contributed by atoms with Crippen LogP contribution in [0.2, 0.25) is 0 Å². The van der Waals surface area contributed by atoms with Crippen LogP contribution < -0.4 is 10.2 Å². The number of aliphatic hydroxyl groups is 1. The molecule has 0 aromatic rings. The number of amides is 1. The van der Waals surface area contributed by atoms with Crippen LogP contribution in [-0.2, 0) is 18.4 Å². The van der Waals surface area contributed by atoms with Crippen molar-refractivity contribution in [3.8, 4) is 0 Å². The average molecular weight is 933 g/mol. The Morgan fingerprint density at radius 2 is 0.938 bits per heavy atom. The van der Waals surface area contributed by atoms with Crippen LogP contribution in [-0.4, -0.2) is 68.5 Å². The van der Waals surface area contributed by atoms with Gasteiger partial charge in [-0.25, -0.2) is 0 Å². The van der Waals surface area contributed by atoms with Crippen LogP contribution in [0.3, 0.4) is 0 Å². The number of hydrogen-bond acceptors (Lipinski definition) is 6. The first kappa shape index (κ1) is 63.2. The molecule has 0 spiro atoms. The lowest BCUT2D eigenvalue weighted by Crippen LogP contribution is -2.45. The first-order valence-electron chi connectivity index (χ1n) is 27.2. The maximum atomic E-state index is 12.9. The van der Waals surface area contributed by atoms with Gasteiger partial charge in [-0.3, -0.25) is 9.36 Å². The summed E-state index contributed by atoms with van der Waals surface area (Å²) in [6.45, 7) is 4.55. The summed E-state index contributed by atoms with van der Waals surface area (Å²) in [5.41, 5.74) is 0. The number of nitrogens with one attached hydrogen (secondary N) is 1. The van der Waals surface area contributed by atoms with Crippen LogP contribution in [0, 0.1) is 0 Å². The number of likely N-dealkylation sites (N-methyl/N-ethyl adjacent to an activating group) is 1. The highest BCUT2D eigenvalue weighted by Crippen LogP contribution is 2.38. The second-order valence-electron chi connectivity index (χ2n) is 19.6. The van der Waals surface area contributed by atoms with Gasteiger partial charge in [0.2, 0.25) is 5.91 Å². The number of phosphoric ester groups is 1. The molecule has 0 aliphatic heterocycles. The minimum Gasteiger partial charge on any atom is -0.756 e.